The van der Waals surface area contributed by atoms with Gasteiger partial charge >= 0.3 is 6.61 Å². The predicted molar refractivity (Wildman–Crippen MR) is 116 cm³/mol. The summed E-state index contributed by atoms with van der Waals surface area (Å²) in [6.07, 6.45) is 0. The van der Waals surface area contributed by atoms with Gasteiger partial charge in [-0.3, -0.25) is 9.79 Å². The Morgan fingerprint density at radius 2 is 1.81 bits per heavy atom. The number of hydrogen-bond donors (Lipinski definition) is 3. The smallest absolute Gasteiger partial charge is 0.387 e. The van der Waals surface area contributed by atoms with E-state index in [1.807, 2.05) is 0 Å². The average Bonchev–Trinajstić information content (AvgIpc) is 2.70. The number of halogens is 6. The number of amides is 1. The highest BCUT2D eigenvalue weighted by Gasteiger charge is 2.15. The van der Waals surface area contributed by atoms with Crippen LogP contribution in [-0.4, -0.2) is 32.1 Å². The van der Waals surface area contributed by atoms with Crippen LogP contribution in [0.4, 0.5) is 27.6 Å². The first-order valence-electron chi connectivity index (χ1n) is 8.63. The summed E-state index contributed by atoms with van der Waals surface area (Å²) in [5.41, 5.74) is 0.744. The van der Waals surface area contributed by atoms with Gasteiger partial charge in [0.1, 0.15) is 5.75 Å². The molecular formula is C19H20F5IN4O2. The molecule has 0 heterocycles. The fourth-order valence-electron chi connectivity index (χ4n) is 2.44. The molecule has 31 heavy (non-hydrogen) atoms. The Bertz CT molecular complexity index is 944. The molecule has 0 spiro atoms. The highest BCUT2D eigenvalue weighted by molar-refractivity contribution is 14.0. The highest BCUT2D eigenvalue weighted by atomic mass is 127. The Hall–Kier alpha value is -2.64. The van der Waals surface area contributed by atoms with Crippen LogP contribution in [0.1, 0.15) is 11.1 Å². The lowest BCUT2D eigenvalue weighted by Crippen LogP contribution is -2.41. The molecule has 0 aromatic heterocycles. The van der Waals surface area contributed by atoms with Crippen molar-refractivity contribution in [1.82, 2.24) is 10.6 Å². The van der Waals surface area contributed by atoms with E-state index < -0.39 is 35.7 Å². The number of nitrogens with zero attached hydrogens (tertiary/aromatic N) is 1. The predicted octanol–water partition coefficient (Wildman–Crippen LogP) is 3.94. The van der Waals surface area contributed by atoms with Crippen LogP contribution in [-0.2, 0) is 11.3 Å². The zero-order valence-corrected chi connectivity index (χ0v) is 18.8. The first kappa shape index (κ1) is 26.4. The van der Waals surface area contributed by atoms with Crippen molar-refractivity contribution in [3.05, 3.63) is 58.9 Å². The van der Waals surface area contributed by atoms with Crippen molar-refractivity contribution in [2.75, 3.05) is 18.9 Å². The molecule has 0 fully saturated rings. The molecule has 2 aromatic carbocycles. The van der Waals surface area contributed by atoms with Gasteiger partial charge in [-0.05, 0) is 25.1 Å². The van der Waals surface area contributed by atoms with Crippen LogP contribution in [0.2, 0.25) is 0 Å². The number of aryl methyl sites for hydroxylation is 1. The maximum atomic E-state index is 13.6. The molecule has 3 N–H and O–H groups in total. The van der Waals surface area contributed by atoms with Crippen LogP contribution < -0.4 is 20.7 Å². The number of rotatable bonds is 7. The zero-order chi connectivity index (χ0) is 22.3. The molecule has 0 saturated heterocycles. The molecule has 2 rings (SSSR count). The van der Waals surface area contributed by atoms with Gasteiger partial charge in [-0.2, -0.15) is 8.78 Å². The summed E-state index contributed by atoms with van der Waals surface area (Å²) in [6, 6.07) is 6.26. The van der Waals surface area contributed by atoms with Crippen molar-refractivity contribution in [1.29, 1.82) is 0 Å². The summed E-state index contributed by atoms with van der Waals surface area (Å²) in [4.78, 5) is 15.8. The number of ether oxygens (including phenoxy) is 1. The minimum atomic E-state index is -2.98. The molecule has 0 unspecified atom stereocenters. The molecule has 0 atom stereocenters. The van der Waals surface area contributed by atoms with E-state index in [1.54, 1.807) is 19.1 Å². The molecule has 0 radical (unpaired) electrons. The summed E-state index contributed by atoms with van der Waals surface area (Å²) in [5, 5.41) is 7.55. The monoisotopic (exact) mass is 558 g/mol. The number of anilines is 1. The molecule has 1 amide bonds. The minimum Gasteiger partial charge on any atom is -0.434 e. The van der Waals surface area contributed by atoms with Crippen molar-refractivity contribution < 1.29 is 31.5 Å². The third kappa shape index (κ3) is 7.84. The molecular weight excluding hydrogens is 538 g/mol. The van der Waals surface area contributed by atoms with E-state index in [-0.39, 0.29) is 48.8 Å². The van der Waals surface area contributed by atoms with Crippen LogP contribution in [0.3, 0.4) is 0 Å². The Labute approximate surface area is 192 Å². The lowest BCUT2D eigenvalue weighted by atomic mass is 10.1. The highest BCUT2D eigenvalue weighted by Crippen LogP contribution is 2.22. The zero-order valence-electron chi connectivity index (χ0n) is 16.4. The number of benzene rings is 2. The number of nitrogens with one attached hydrogen (secondary N) is 3. The number of guanidine groups is 1. The van der Waals surface area contributed by atoms with Crippen LogP contribution >= 0.6 is 24.0 Å². The van der Waals surface area contributed by atoms with E-state index in [2.05, 4.69) is 25.7 Å². The Morgan fingerprint density at radius 3 is 2.45 bits per heavy atom. The van der Waals surface area contributed by atoms with E-state index in [0.29, 0.717) is 11.6 Å². The van der Waals surface area contributed by atoms with E-state index >= 15 is 0 Å². The molecule has 0 aliphatic heterocycles. The SMILES string of the molecule is CN=C(NCC(=O)Nc1ccc(F)c(F)c1F)NCc1cc(C)ccc1OC(F)F.I. The summed E-state index contributed by atoms with van der Waals surface area (Å²) in [7, 11) is 1.41. The molecule has 0 saturated carbocycles. The quantitative estimate of drug-likeness (QED) is 0.158. The summed E-state index contributed by atoms with van der Waals surface area (Å²) < 4.78 is 69.3. The number of carbonyl (C=O) groups excluding carboxylic acids is 1. The number of hydrogen-bond acceptors (Lipinski definition) is 3. The van der Waals surface area contributed by atoms with E-state index in [9.17, 15) is 26.7 Å². The second kappa shape index (κ2) is 12.3. The summed E-state index contributed by atoms with van der Waals surface area (Å²) >= 11 is 0. The van der Waals surface area contributed by atoms with E-state index in [1.165, 1.54) is 13.1 Å². The first-order valence-corrected chi connectivity index (χ1v) is 8.63. The van der Waals surface area contributed by atoms with Crippen LogP contribution in [0.15, 0.2) is 35.3 Å². The molecule has 0 bridgehead atoms. The fraction of sp³-hybridized carbons (Fsp3) is 0.263. The third-order valence-electron chi connectivity index (χ3n) is 3.83. The van der Waals surface area contributed by atoms with Gasteiger partial charge in [0, 0.05) is 19.2 Å². The van der Waals surface area contributed by atoms with Gasteiger partial charge < -0.3 is 20.7 Å². The molecule has 6 nitrogen and oxygen atoms in total. The van der Waals surface area contributed by atoms with Crippen molar-refractivity contribution >= 4 is 41.5 Å². The summed E-state index contributed by atoms with van der Waals surface area (Å²) in [5.74, 6) is -5.21. The maximum Gasteiger partial charge on any atom is 0.387 e. The lowest BCUT2D eigenvalue weighted by molar-refractivity contribution is -0.115. The van der Waals surface area contributed by atoms with Gasteiger partial charge in [-0.1, -0.05) is 17.7 Å². The minimum absolute atomic E-state index is 0. The number of alkyl halides is 2. The Kier molecular flexibility index (Phi) is 10.4. The van der Waals surface area contributed by atoms with Crippen molar-refractivity contribution in [2.45, 2.75) is 20.1 Å². The van der Waals surface area contributed by atoms with Crippen molar-refractivity contribution in [2.24, 2.45) is 4.99 Å². The fourth-order valence-corrected chi connectivity index (χ4v) is 2.44. The summed E-state index contributed by atoms with van der Waals surface area (Å²) in [6.45, 7) is -1.52. The van der Waals surface area contributed by atoms with Gasteiger partial charge in [0.15, 0.2) is 23.4 Å². The second-order valence-electron chi connectivity index (χ2n) is 6.04. The number of aliphatic imine (C=N–C) groups is 1. The molecule has 170 valence electrons. The van der Waals surface area contributed by atoms with E-state index in [0.717, 1.165) is 11.6 Å². The third-order valence-corrected chi connectivity index (χ3v) is 3.83. The number of carbonyl (C=O) groups is 1. The largest absolute Gasteiger partial charge is 0.434 e. The molecule has 2 aromatic rings. The van der Waals surface area contributed by atoms with Gasteiger partial charge in [-0.25, -0.2) is 13.2 Å². The van der Waals surface area contributed by atoms with Crippen LogP contribution in [0, 0.1) is 24.4 Å². The lowest BCUT2D eigenvalue weighted by Gasteiger charge is -2.15. The molecule has 12 heteroatoms. The molecule has 0 aliphatic rings. The molecule has 0 aliphatic carbocycles. The van der Waals surface area contributed by atoms with Gasteiger partial charge in [-0.15, -0.1) is 24.0 Å². The van der Waals surface area contributed by atoms with E-state index in [4.69, 9.17) is 0 Å². The van der Waals surface area contributed by atoms with Crippen molar-refractivity contribution in [3.8, 4) is 5.75 Å². The second-order valence-corrected chi connectivity index (χ2v) is 6.04. The van der Waals surface area contributed by atoms with Crippen LogP contribution in [0.5, 0.6) is 5.75 Å². The topological polar surface area (TPSA) is 74.8 Å². The normalized spacial score (nSPS) is 11.0. The van der Waals surface area contributed by atoms with Gasteiger partial charge in [0.25, 0.3) is 0 Å². The Balaban J connectivity index is 0.00000480. The average molecular weight is 558 g/mol. The van der Waals surface area contributed by atoms with Gasteiger partial charge in [0.2, 0.25) is 5.91 Å². The first-order chi connectivity index (χ1) is 14.2. The standard InChI is InChI=1S/C19H19F5N4O2.HI/c1-10-3-6-14(30-18(23)24)11(7-10)8-26-19(25-2)27-9-15(29)28-13-5-4-12(20)16(21)17(13)22;/h3-7,18H,8-9H2,1-2H3,(H,28,29)(H2,25,26,27);1H. The Morgan fingerprint density at radius 1 is 1.10 bits per heavy atom. The van der Waals surface area contributed by atoms with Crippen LogP contribution in [0.25, 0.3) is 0 Å². The maximum absolute atomic E-state index is 13.6. The van der Waals surface area contributed by atoms with Gasteiger partial charge in [0.05, 0.1) is 12.2 Å². The van der Waals surface area contributed by atoms with Crippen molar-refractivity contribution in [3.63, 3.8) is 0 Å².